The molecule has 0 aromatic carbocycles. The fraction of sp³-hybridized carbons (Fsp3) is 0.250. The summed E-state index contributed by atoms with van der Waals surface area (Å²) in [6, 6.07) is 2.73. The second kappa shape index (κ2) is 3.85. The van der Waals surface area contributed by atoms with Gasteiger partial charge in [-0.25, -0.2) is 18.2 Å². The maximum atomic E-state index is 11.2. The second-order valence-electron chi connectivity index (χ2n) is 2.91. The summed E-state index contributed by atoms with van der Waals surface area (Å²) in [5.74, 6) is -1.30. The number of anilines is 1. The van der Waals surface area contributed by atoms with Crippen molar-refractivity contribution in [3.05, 3.63) is 23.9 Å². The monoisotopic (exact) mass is 230 g/mol. The quantitative estimate of drug-likeness (QED) is 0.800. The predicted molar refractivity (Wildman–Crippen MR) is 54.4 cm³/mol. The van der Waals surface area contributed by atoms with Gasteiger partial charge < -0.3 is 5.11 Å². The summed E-state index contributed by atoms with van der Waals surface area (Å²) in [6.45, 7) is 0. The van der Waals surface area contributed by atoms with E-state index in [1.165, 1.54) is 25.4 Å². The number of hydrogen-bond donors (Lipinski definition) is 1. The fourth-order valence-corrected chi connectivity index (χ4v) is 1.43. The molecule has 0 aliphatic rings. The molecule has 15 heavy (non-hydrogen) atoms. The summed E-state index contributed by atoms with van der Waals surface area (Å²) in [4.78, 5) is 14.5. The van der Waals surface area contributed by atoms with Gasteiger partial charge in [-0.15, -0.1) is 0 Å². The van der Waals surface area contributed by atoms with Crippen LogP contribution in [-0.2, 0) is 10.0 Å². The highest BCUT2D eigenvalue weighted by Gasteiger charge is 2.20. The van der Waals surface area contributed by atoms with Crippen LogP contribution in [-0.4, -0.2) is 37.8 Å². The lowest BCUT2D eigenvalue weighted by Crippen LogP contribution is -2.27. The molecule has 0 unspecified atom stereocenters. The second-order valence-corrected chi connectivity index (χ2v) is 4.92. The Morgan fingerprint density at radius 3 is 2.60 bits per heavy atom. The molecule has 1 rings (SSSR count). The summed E-state index contributed by atoms with van der Waals surface area (Å²) < 4.78 is 23.2. The van der Waals surface area contributed by atoms with Gasteiger partial charge in [-0.2, -0.15) is 0 Å². The van der Waals surface area contributed by atoms with Crippen molar-refractivity contribution in [2.45, 2.75) is 0 Å². The molecule has 7 heteroatoms. The predicted octanol–water partition coefficient (Wildman–Crippen LogP) is 0.176. The van der Waals surface area contributed by atoms with E-state index in [0.717, 1.165) is 10.6 Å². The van der Waals surface area contributed by atoms with Gasteiger partial charge in [0, 0.05) is 13.2 Å². The number of nitrogens with zero attached hydrogens (tertiary/aromatic N) is 2. The molecule has 1 heterocycles. The van der Waals surface area contributed by atoms with E-state index >= 15 is 0 Å². The lowest BCUT2D eigenvalue weighted by atomic mass is 10.2. The van der Waals surface area contributed by atoms with E-state index in [1.807, 2.05) is 0 Å². The van der Waals surface area contributed by atoms with Crippen molar-refractivity contribution in [1.29, 1.82) is 0 Å². The largest absolute Gasteiger partial charge is 0.478 e. The third-order valence-electron chi connectivity index (χ3n) is 1.81. The van der Waals surface area contributed by atoms with Crippen LogP contribution in [0.25, 0.3) is 0 Å². The maximum absolute atomic E-state index is 11.2. The summed E-state index contributed by atoms with van der Waals surface area (Å²) >= 11 is 0. The number of rotatable bonds is 3. The van der Waals surface area contributed by atoms with Crippen molar-refractivity contribution in [1.82, 2.24) is 4.98 Å². The van der Waals surface area contributed by atoms with Crippen LogP contribution >= 0.6 is 0 Å². The number of pyridine rings is 1. The van der Waals surface area contributed by atoms with E-state index in [0.29, 0.717) is 0 Å². The van der Waals surface area contributed by atoms with Crippen molar-refractivity contribution >= 4 is 21.8 Å². The van der Waals surface area contributed by atoms with E-state index in [4.69, 9.17) is 5.11 Å². The number of carbonyl (C=O) groups is 1. The number of aromatic carboxylic acids is 1. The van der Waals surface area contributed by atoms with E-state index in [1.54, 1.807) is 0 Å². The molecule has 1 aromatic heterocycles. The van der Waals surface area contributed by atoms with E-state index in [9.17, 15) is 13.2 Å². The van der Waals surface area contributed by atoms with Gasteiger partial charge in [0.05, 0.1) is 6.26 Å². The fourth-order valence-electron chi connectivity index (χ4n) is 0.972. The summed E-state index contributed by atoms with van der Waals surface area (Å²) in [7, 11) is -2.25. The SMILES string of the molecule is CN(c1ncccc1C(=O)O)S(C)(=O)=O. The minimum absolute atomic E-state index is 0.0903. The van der Waals surface area contributed by atoms with Crippen LogP contribution in [0.3, 0.4) is 0 Å². The van der Waals surface area contributed by atoms with Crippen molar-refractivity contribution in [2.24, 2.45) is 0 Å². The van der Waals surface area contributed by atoms with Crippen LogP contribution in [0.5, 0.6) is 0 Å². The number of aromatic nitrogens is 1. The first-order valence-electron chi connectivity index (χ1n) is 3.96. The molecule has 0 bridgehead atoms. The van der Waals surface area contributed by atoms with Crippen molar-refractivity contribution in [3.63, 3.8) is 0 Å². The molecule has 1 N–H and O–H groups in total. The Hall–Kier alpha value is -1.63. The van der Waals surface area contributed by atoms with Crippen molar-refractivity contribution in [3.8, 4) is 0 Å². The average molecular weight is 230 g/mol. The number of carboxylic acids is 1. The molecule has 0 aliphatic carbocycles. The first-order valence-corrected chi connectivity index (χ1v) is 5.81. The van der Waals surface area contributed by atoms with Crippen LogP contribution in [0.2, 0.25) is 0 Å². The zero-order valence-electron chi connectivity index (χ0n) is 8.21. The van der Waals surface area contributed by atoms with Gasteiger partial charge in [-0.1, -0.05) is 0 Å². The maximum Gasteiger partial charge on any atom is 0.339 e. The number of carboxylic acid groups (broad SMARTS) is 1. The Bertz CT molecular complexity index is 483. The molecule has 0 fully saturated rings. The van der Waals surface area contributed by atoms with Crippen LogP contribution < -0.4 is 4.31 Å². The highest BCUT2D eigenvalue weighted by atomic mass is 32.2. The zero-order chi connectivity index (χ0) is 11.6. The third-order valence-corrected chi connectivity index (χ3v) is 2.98. The standard InChI is InChI=1S/C8H10N2O4S/c1-10(15(2,13)14)7-6(8(11)12)4-3-5-9-7/h3-5H,1-2H3,(H,11,12). The van der Waals surface area contributed by atoms with E-state index < -0.39 is 16.0 Å². The van der Waals surface area contributed by atoms with E-state index in [2.05, 4.69) is 4.98 Å². The summed E-state index contributed by atoms with van der Waals surface area (Å²) in [5, 5.41) is 8.82. The normalized spacial score (nSPS) is 11.1. The first-order chi connectivity index (χ1) is 6.84. The van der Waals surface area contributed by atoms with Crippen LogP contribution in [0.15, 0.2) is 18.3 Å². The smallest absolute Gasteiger partial charge is 0.339 e. The molecule has 0 saturated heterocycles. The average Bonchev–Trinajstić information content (AvgIpc) is 2.15. The van der Waals surface area contributed by atoms with Gasteiger partial charge in [-0.3, -0.25) is 4.31 Å². The lowest BCUT2D eigenvalue weighted by molar-refractivity contribution is 0.0697. The molecule has 0 saturated carbocycles. The van der Waals surface area contributed by atoms with E-state index in [-0.39, 0.29) is 11.4 Å². The van der Waals surface area contributed by atoms with Crippen LogP contribution in [0, 0.1) is 0 Å². The molecule has 0 radical (unpaired) electrons. The first kappa shape index (κ1) is 11.4. The number of hydrogen-bond acceptors (Lipinski definition) is 4. The van der Waals surface area contributed by atoms with Crippen molar-refractivity contribution < 1.29 is 18.3 Å². The molecule has 6 nitrogen and oxygen atoms in total. The van der Waals surface area contributed by atoms with Crippen LogP contribution in [0.4, 0.5) is 5.82 Å². The van der Waals surface area contributed by atoms with Gasteiger partial charge >= 0.3 is 5.97 Å². The van der Waals surface area contributed by atoms with Gasteiger partial charge in [0.15, 0.2) is 5.82 Å². The number of sulfonamides is 1. The molecule has 0 spiro atoms. The minimum atomic E-state index is -3.50. The van der Waals surface area contributed by atoms with Crippen LogP contribution in [0.1, 0.15) is 10.4 Å². The topological polar surface area (TPSA) is 87.6 Å². The summed E-state index contributed by atoms with van der Waals surface area (Å²) in [5.41, 5.74) is -0.148. The Morgan fingerprint density at radius 2 is 2.13 bits per heavy atom. The third kappa shape index (κ3) is 2.44. The molecule has 0 aliphatic heterocycles. The Morgan fingerprint density at radius 1 is 1.53 bits per heavy atom. The molecule has 0 atom stereocenters. The van der Waals surface area contributed by atoms with Gasteiger partial charge in [0.2, 0.25) is 10.0 Å². The Labute approximate surface area is 87.2 Å². The highest BCUT2D eigenvalue weighted by molar-refractivity contribution is 7.92. The van der Waals surface area contributed by atoms with Gasteiger partial charge in [-0.05, 0) is 12.1 Å². The van der Waals surface area contributed by atoms with Crippen molar-refractivity contribution in [2.75, 3.05) is 17.6 Å². The molecular formula is C8H10N2O4S. The minimum Gasteiger partial charge on any atom is -0.478 e. The molecule has 1 aromatic rings. The molecule has 0 amide bonds. The summed E-state index contributed by atoms with van der Waals surface area (Å²) in [6.07, 6.45) is 2.32. The Balaban J connectivity index is 3.32. The molecular weight excluding hydrogens is 220 g/mol. The zero-order valence-corrected chi connectivity index (χ0v) is 9.02. The van der Waals surface area contributed by atoms with Gasteiger partial charge in [0.25, 0.3) is 0 Å². The lowest BCUT2D eigenvalue weighted by Gasteiger charge is -2.16. The van der Waals surface area contributed by atoms with Gasteiger partial charge in [0.1, 0.15) is 5.56 Å². The Kier molecular flexibility index (Phi) is 2.94. The molecule has 82 valence electrons. The highest BCUT2D eigenvalue weighted by Crippen LogP contribution is 2.17.